The van der Waals surface area contributed by atoms with E-state index in [9.17, 15) is 9.18 Å². The van der Waals surface area contributed by atoms with Crippen molar-refractivity contribution in [1.82, 2.24) is 4.98 Å². The summed E-state index contributed by atoms with van der Waals surface area (Å²) in [7, 11) is 0. The summed E-state index contributed by atoms with van der Waals surface area (Å²) in [6, 6.07) is 1.09. The van der Waals surface area contributed by atoms with Crippen LogP contribution in [-0.2, 0) is 4.79 Å². The van der Waals surface area contributed by atoms with Crippen LogP contribution >= 0.6 is 11.6 Å². The van der Waals surface area contributed by atoms with Crippen molar-refractivity contribution in [2.45, 2.75) is 6.42 Å². The van der Waals surface area contributed by atoms with Crippen molar-refractivity contribution in [2.75, 3.05) is 0 Å². The molecule has 0 bridgehead atoms. The maximum absolute atomic E-state index is 12.6. The topological polar surface area (TPSA) is 56.0 Å². The van der Waals surface area contributed by atoms with E-state index in [1.165, 1.54) is 0 Å². The zero-order chi connectivity index (χ0) is 10.6. The zero-order valence-electron chi connectivity index (χ0n) is 7.05. The molecule has 0 unspecified atom stereocenters. The van der Waals surface area contributed by atoms with Crippen LogP contribution in [0.3, 0.4) is 0 Å². The number of nitrogens with zero attached hydrogens (tertiary/aromatic N) is 1. The predicted octanol–water partition coefficient (Wildman–Crippen LogP) is 1.10. The number of nitrogens with two attached hydrogens (primary N) is 1. The van der Waals surface area contributed by atoms with E-state index in [2.05, 4.69) is 16.8 Å². The van der Waals surface area contributed by atoms with Crippen LogP contribution in [0.25, 0.3) is 0 Å². The third-order valence-electron chi connectivity index (χ3n) is 1.31. The summed E-state index contributed by atoms with van der Waals surface area (Å²) in [6.45, 7) is 0. The highest BCUT2D eigenvalue weighted by Crippen LogP contribution is 2.13. The number of primary amides is 1. The summed E-state index contributed by atoms with van der Waals surface area (Å²) in [5, 5.41) is 0.239. The molecule has 0 radical (unpaired) electrons. The molecular formula is C9H6ClFN2O. The Labute approximate surface area is 85.1 Å². The molecule has 14 heavy (non-hydrogen) atoms. The smallest absolute Gasteiger partial charge is 0.229 e. The summed E-state index contributed by atoms with van der Waals surface area (Å²) in [4.78, 5) is 13.7. The fourth-order valence-electron chi connectivity index (χ4n) is 0.736. The lowest BCUT2D eigenvalue weighted by Crippen LogP contribution is -2.08. The average Bonchev–Trinajstić information content (AvgIpc) is 2.10. The van der Waals surface area contributed by atoms with Gasteiger partial charge in [-0.3, -0.25) is 4.79 Å². The number of aromatic nitrogens is 1. The minimum absolute atomic E-state index is 0.0831. The molecular weight excluding hydrogens is 207 g/mol. The summed E-state index contributed by atoms with van der Waals surface area (Å²) >= 11 is 5.66. The van der Waals surface area contributed by atoms with Gasteiger partial charge in [0.05, 0.1) is 11.4 Å². The summed E-state index contributed by atoms with van der Waals surface area (Å²) < 4.78 is 12.6. The molecule has 2 N–H and O–H groups in total. The highest BCUT2D eigenvalue weighted by atomic mass is 35.5. The first-order valence-corrected chi connectivity index (χ1v) is 4.05. The lowest BCUT2D eigenvalue weighted by Gasteiger charge is -1.93. The second-order valence-corrected chi connectivity index (χ2v) is 2.84. The molecule has 72 valence electrons. The Bertz CT molecular complexity index is 423. The van der Waals surface area contributed by atoms with Gasteiger partial charge in [-0.05, 0) is 0 Å². The molecule has 1 aromatic rings. The number of carbonyl (C=O) groups excluding carboxylic acids is 1. The van der Waals surface area contributed by atoms with Crippen LogP contribution in [0.2, 0.25) is 5.02 Å². The first-order chi connectivity index (χ1) is 6.59. The summed E-state index contributed by atoms with van der Waals surface area (Å²) in [6.07, 6.45) is 1.07. The Morgan fingerprint density at radius 2 is 2.43 bits per heavy atom. The normalized spacial score (nSPS) is 9.00. The minimum Gasteiger partial charge on any atom is -0.369 e. The van der Waals surface area contributed by atoms with E-state index in [0.29, 0.717) is 5.56 Å². The fraction of sp³-hybridized carbons (Fsp3) is 0.111. The van der Waals surface area contributed by atoms with Gasteiger partial charge >= 0.3 is 0 Å². The van der Waals surface area contributed by atoms with Crippen molar-refractivity contribution in [3.63, 3.8) is 0 Å². The number of carbonyl (C=O) groups is 1. The van der Waals surface area contributed by atoms with E-state index >= 15 is 0 Å². The Morgan fingerprint density at radius 1 is 1.71 bits per heavy atom. The highest BCUT2D eigenvalue weighted by Gasteiger charge is 1.99. The third kappa shape index (κ3) is 3.04. The van der Waals surface area contributed by atoms with E-state index in [1.54, 1.807) is 0 Å². The molecule has 1 aromatic heterocycles. The summed E-state index contributed by atoms with van der Waals surface area (Å²) in [5.41, 5.74) is 5.16. The van der Waals surface area contributed by atoms with Gasteiger partial charge in [-0.15, -0.1) is 0 Å². The van der Waals surface area contributed by atoms with Gasteiger partial charge in [-0.25, -0.2) is 4.98 Å². The van der Waals surface area contributed by atoms with Gasteiger partial charge in [0.15, 0.2) is 0 Å². The molecule has 0 aliphatic rings. The second kappa shape index (κ2) is 4.58. The van der Waals surface area contributed by atoms with Crippen LogP contribution in [0, 0.1) is 17.8 Å². The molecule has 1 amide bonds. The lowest BCUT2D eigenvalue weighted by molar-refractivity contribution is -0.117. The van der Waals surface area contributed by atoms with Crippen molar-refractivity contribution in [1.29, 1.82) is 0 Å². The molecule has 0 aliphatic heterocycles. The van der Waals surface area contributed by atoms with Gasteiger partial charge in [0.1, 0.15) is 0 Å². The molecule has 0 aromatic carbocycles. The molecule has 0 saturated carbocycles. The molecule has 0 atom stereocenters. The molecule has 3 nitrogen and oxygen atoms in total. The van der Waals surface area contributed by atoms with Crippen LogP contribution in [0.4, 0.5) is 4.39 Å². The number of halogens is 2. The van der Waals surface area contributed by atoms with Gasteiger partial charge in [0.2, 0.25) is 11.9 Å². The zero-order valence-corrected chi connectivity index (χ0v) is 7.81. The van der Waals surface area contributed by atoms with Crippen molar-refractivity contribution in [3.05, 3.63) is 28.8 Å². The number of pyridine rings is 1. The van der Waals surface area contributed by atoms with Gasteiger partial charge < -0.3 is 5.73 Å². The monoisotopic (exact) mass is 212 g/mol. The molecule has 0 spiro atoms. The van der Waals surface area contributed by atoms with Crippen molar-refractivity contribution >= 4 is 17.5 Å². The lowest BCUT2D eigenvalue weighted by atomic mass is 10.2. The van der Waals surface area contributed by atoms with Crippen LogP contribution in [0.15, 0.2) is 12.3 Å². The van der Waals surface area contributed by atoms with Gasteiger partial charge in [-0.2, -0.15) is 4.39 Å². The molecule has 0 aliphatic carbocycles. The number of hydrogen-bond donors (Lipinski definition) is 1. The van der Waals surface area contributed by atoms with Gasteiger partial charge in [-0.1, -0.05) is 23.4 Å². The third-order valence-corrected chi connectivity index (χ3v) is 1.61. The molecule has 1 heterocycles. The van der Waals surface area contributed by atoms with Crippen molar-refractivity contribution in [2.24, 2.45) is 5.73 Å². The summed E-state index contributed by atoms with van der Waals surface area (Å²) in [5.74, 6) is 3.78. The van der Waals surface area contributed by atoms with Crippen LogP contribution in [0.5, 0.6) is 0 Å². The molecule has 0 saturated heterocycles. The molecule has 1 rings (SSSR count). The van der Waals surface area contributed by atoms with Crippen LogP contribution in [-0.4, -0.2) is 10.9 Å². The maximum Gasteiger partial charge on any atom is 0.229 e. The van der Waals surface area contributed by atoms with Crippen molar-refractivity contribution in [3.8, 4) is 11.8 Å². The van der Waals surface area contributed by atoms with Gasteiger partial charge in [0.25, 0.3) is 0 Å². The number of amides is 1. The van der Waals surface area contributed by atoms with E-state index in [0.717, 1.165) is 12.3 Å². The molecule has 0 fully saturated rings. The van der Waals surface area contributed by atoms with E-state index in [4.69, 9.17) is 17.3 Å². The van der Waals surface area contributed by atoms with E-state index in [1.807, 2.05) is 0 Å². The Kier molecular flexibility index (Phi) is 3.43. The Balaban J connectivity index is 2.88. The average molecular weight is 213 g/mol. The SMILES string of the molecule is NC(=O)CC#Cc1cc(F)ncc1Cl. The largest absolute Gasteiger partial charge is 0.369 e. The van der Waals surface area contributed by atoms with Crippen molar-refractivity contribution < 1.29 is 9.18 Å². The predicted molar refractivity (Wildman–Crippen MR) is 49.9 cm³/mol. The van der Waals surface area contributed by atoms with E-state index < -0.39 is 11.9 Å². The molecule has 5 heteroatoms. The first kappa shape index (κ1) is 10.5. The Hall–Kier alpha value is -1.60. The fourth-order valence-corrected chi connectivity index (χ4v) is 0.886. The van der Waals surface area contributed by atoms with Crippen LogP contribution < -0.4 is 5.73 Å². The maximum atomic E-state index is 12.6. The van der Waals surface area contributed by atoms with Crippen LogP contribution in [0.1, 0.15) is 12.0 Å². The number of rotatable bonds is 1. The second-order valence-electron chi connectivity index (χ2n) is 2.43. The Morgan fingerprint density at radius 3 is 3.07 bits per heavy atom. The highest BCUT2D eigenvalue weighted by molar-refractivity contribution is 6.31. The van der Waals surface area contributed by atoms with Gasteiger partial charge in [0, 0.05) is 17.8 Å². The quantitative estimate of drug-likeness (QED) is 0.560. The standard InChI is InChI=1S/C9H6ClFN2O/c10-7-5-13-8(11)4-6(7)2-1-3-9(12)14/h4-5H,3H2,(H2,12,14). The number of hydrogen-bond acceptors (Lipinski definition) is 2. The van der Waals surface area contributed by atoms with E-state index in [-0.39, 0.29) is 11.4 Å². The first-order valence-electron chi connectivity index (χ1n) is 3.68. The minimum atomic E-state index is -0.669.